The van der Waals surface area contributed by atoms with Gasteiger partial charge in [0.2, 0.25) is 0 Å². The van der Waals surface area contributed by atoms with Gasteiger partial charge in [-0.1, -0.05) is 66.3 Å². The van der Waals surface area contributed by atoms with E-state index >= 15 is 0 Å². The summed E-state index contributed by atoms with van der Waals surface area (Å²) in [5.74, 6) is 0.566. The zero-order valence-electron chi connectivity index (χ0n) is 23.4. The third kappa shape index (κ3) is 6.76. The number of nitrogens with zero attached hydrogens (tertiary/aromatic N) is 1. The molecule has 8 nitrogen and oxygen atoms in total. The van der Waals surface area contributed by atoms with Crippen molar-refractivity contribution in [1.29, 1.82) is 0 Å². The highest BCUT2D eigenvalue weighted by atomic mass is 28.4. The van der Waals surface area contributed by atoms with Crippen molar-refractivity contribution < 1.29 is 28.6 Å². The van der Waals surface area contributed by atoms with Gasteiger partial charge in [0.1, 0.15) is 12.4 Å². The van der Waals surface area contributed by atoms with Crippen molar-refractivity contribution in [3.8, 4) is 11.5 Å². The highest BCUT2D eigenvalue weighted by Gasteiger charge is 2.47. The van der Waals surface area contributed by atoms with Crippen LogP contribution in [0.15, 0.2) is 36.9 Å². The fourth-order valence-electron chi connectivity index (χ4n) is 5.50. The molecule has 1 heterocycles. The van der Waals surface area contributed by atoms with Crippen LogP contribution in [0.5, 0.6) is 11.5 Å². The van der Waals surface area contributed by atoms with E-state index in [9.17, 15) is 14.7 Å². The second-order valence-corrected chi connectivity index (χ2v) is 15.9. The molecule has 2 amide bonds. The van der Waals surface area contributed by atoms with Gasteiger partial charge in [0.25, 0.3) is 14.2 Å². The number of hydrogen-bond donors (Lipinski definition) is 2. The number of carbonyl (C=O) groups excluding carboxylic acids is 2. The number of hydrogen-bond acceptors (Lipinski definition) is 6. The number of carbonyl (C=O) groups is 2. The summed E-state index contributed by atoms with van der Waals surface area (Å²) < 4.78 is 17.7. The minimum Gasteiger partial charge on any atom is -0.540 e. The number of aliphatic hydroxyl groups excluding tert-OH is 1. The maximum atomic E-state index is 13.8. The van der Waals surface area contributed by atoms with E-state index in [1.54, 1.807) is 17.0 Å². The Kier molecular flexibility index (Phi) is 10.8. The minimum atomic E-state index is -2.38. The molecule has 1 saturated heterocycles. The monoisotopic (exact) mass is 532 g/mol. The van der Waals surface area contributed by atoms with E-state index in [4.69, 9.17) is 13.9 Å². The van der Waals surface area contributed by atoms with Crippen molar-refractivity contribution in [1.82, 2.24) is 4.90 Å². The molecule has 2 N–H and O–H groups in total. The Bertz CT molecular complexity index is 969. The van der Waals surface area contributed by atoms with Crippen LogP contribution in [0.2, 0.25) is 16.6 Å². The summed E-state index contributed by atoms with van der Waals surface area (Å²) >= 11 is 0. The lowest BCUT2D eigenvalue weighted by molar-refractivity contribution is 0.0556. The first-order valence-electron chi connectivity index (χ1n) is 13.0. The molecule has 0 bridgehead atoms. The quantitative estimate of drug-likeness (QED) is 0.263. The molecule has 37 heavy (non-hydrogen) atoms. The number of ether oxygens (including phenoxy) is 2. The van der Waals surface area contributed by atoms with Gasteiger partial charge in [0.15, 0.2) is 5.75 Å². The van der Waals surface area contributed by atoms with Gasteiger partial charge in [-0.3, -0.25) is 10.1 Å². The van der Waals surface area contributed by atoms with Gasteiger partial charge in [0, 0.05) is 12.6 Å². The Morgan fingerprint density at radius 2 is 1.78 bits per heavy atom. The maximum Gasteiger partial charge on any atom is 0.411 e. The van der Waals surface area contributed by atoms with Crippen LogP contribution in [0.25, 0.3) is 0 Å². The van der Waals surface area contributed by atoms with Crippen LogP contribution in [0.1, 0.15) is 64.7 Å². The van der Waals surface area contributed by atoms with E-state index in [2.05, 4.69) is 60.0 Å². The molecule has 2 rings (SSSR count). The SMILES string of the molecule is C=CCOC(=O)Nc1cc(O[Si](C(C)C)(C(C)C)C(C)C)c(OC)cc1C(=O)N1CCC(=C)C[C@H]1CO. The molecule has 1 aliphatic heterocycles. The number of benzene rings is 1. The molecule has 0 spiro atoms. The van der Waals surface area contributed by atoms with Crippen LogP contribution in [-0.2, 0) is 4.74 Å². The van der Waals surface area contributed by atoms with E-state index in [1.165, 1.54) is 13.2 Å². The fraction of sp³-hybridized carbons (Fsp3) is 0.571. The Hall–Kier alpha value is -2.78. The van der Waals surface area contributed by atoms with Gasteiger partial charge >= 0.3 is 6.09 Å². The summed E-state index contributed by atoms with van der Waals surface area (Å²) in [7, 11) is -0.842. The molecular formula is C28H44N2O6Si. The molecule has 206 valence electrons. The number of anilines is 1. The summed E-state index contributed by atoms with van der Waals surface area (Å²) in [6, 6.07) is 2.88. The van der Waals surface area contributed by atoms with Crippen molar-refractivity contribution in [3.05, 3.63) is 42.5 Å². The maximum absolute atomic E-state index is 13.8. The standard InChI is InChI=1S/C28H44N2O6Si/c1-10-13-35-28(33)29-24-16-26(36-37(18(2)3,19(4)5)20(6)7)25(34-9)15-23(24)27(32)30-12-11-21(8)14-22(30)17-31/h10,15-16,18-20,22,31H,1,8,11-14,17H2,2-7,9H3,(H,29,33)/t22-/m0/s1. The average molecular weight is 533 g/mol. The number of amides is 2. The molecule has 1 aromatic rings. The first kappa shape index (κ1) is 30.4. The largest absolute Gasteiger partial charge is 0.540 e. The lowest BCUT2D eigenvalue weighted by atomic mass is 9.97. The first-order chi connectivity index (χ1) is 17.4. The molecule has 1 fully saturated rings. The van der Waals surface area contributed by atoms with Gasteiger partial charge in [-0.15, -0.1) is 0 Å². The Morgan fingerprint density at radius 3 is 2.30 bits per heavy atom. The van der Waals surface area contributed by atoms with Crippen LogP contribution in [0.3, 0.4) is 0 Å². The van der Waals surface area contributed by atoms with Crippen molar-refractivity contribution in [2.24, 2.45) is 0 Å². The van der Waals surface area contributed by atoms with E-state index in [0.717, 1.165) is 5.57 Å². The van der Waals surface area contributed by atoms with Crippen LogP contribution in [0, 0.1) is 0 Å². The van der Waals surface area contributed by atoms with Gasteiger partial charge in [0.05, 0.1) is 31.0 Å². The fourth-order valence-corrected chi connectivity index (χ4v) is 10.7. The summed E-state index contributed by atoms with van der Waals surface area (Å²) in [5.41, 5.74) is 2.40. The van der Waals surface area contributed by atoms with E-state index in [0.29, 0.717) is 47.5 Å². The van der Waals surface area contributed by atoms with Gasteiger partial charge in [-0.2, -0.15) is 0 Å². The highest BCUT2D eigenvalue weighted by Crippen LogP contribution is 2.46. The normalized spacial score (nSPS) is 16.2. The molecule has 1 aliphatic rings. The molecule has 0 aromatic heterocycles. The predicted molar refractivity (Wildman–Crippen MR) is 150 cm³/mol. The predicted octanol–water partition coefficient (Wildman–Crippen LogP) is 6.14. The number of nitrogens with one attached hydrogen (secondary N) is 1. The second kappa shape index (κ2) is 13.1. The Labute approximate surface area is 222 Å². The summed E-state index contributed by atoms with van der Waals surface area (Å²) in [6.07, 6.45) is 1.93. The Balaban J connectivity index is 2.64. The van der Waals surface area contributed by atoms with Crippen LogP contribution in [-0.4, -0.2) is 63.2 Å². The van der Waals surface area contributed by atoms with Gasteiger partial charge < -0.3 is 23.9 Å². The highest BCUT2D eigenvalue weighted by molar-refractivity contribution is 6.78. The van der Waals surface area contributed by atoms with E-state index in [-0.39, 0.29) is 36.4 Å². The number of piperidine rings is 1. The lowest BCUT2D eigenvalue weighted by Crippen LogP contribution is -2.50. The third-order valence-electron chi connectivity index (χ3n) is 7.24. The average Bonchev–Trinajstić information content (AvgIpc) is 2.84. The van der Waals surface area contributed by atoms with Crippen LogP contribution in [0.4, 0.5) is 10.5 Å². The number of methoxy groups -OCH3 is 1. The summed E-state index contributed by atoms with van der Waals surface area (Å²) in [5, 5.41) is 12.7. The molecule has 0 radical (unpaired) electrons. The van der Waals surface area contributed by atoms with Gasteiger partial charge in [-0.05, 0) is 35.5 Å². The van der Waals surface area contributed by atoms with Crippen LogP contribution < -0.4 is 14.5 Å². The zero-order valence-corrected chi connectivity index (χ0v) is 24.4. The van der Waals surface area contributed by atoms with E-state index < -0.39 is 14.4 Å². The molecule has 9 heteroatoms. The van der Waals surface area contributed by atoms with E-state index in [1.807, 2.05) is 0 Å². The topological polar surface area (TPSA) is 97.3 Å². The zero-order chi connectivity index (χ0) is 27.9. The van der Waals surface area contributed by atoms with Crippen molar-refractivity contribution in [2.45, 2.75) is 77.0 Å². The van der Waals surface area contributed by atoms with Crippen LogP contribution >= 0.6 is 0 Å². The van der Waals surface area contributed by atoms with Crippen molar-refractivity contribution in [3.63, 3.8) is 0 Å². The molecule has 0 saturated carbocycles. The minimum absolute atomic E-state index is 0.0273. The summed E-state index contributed by atoms with van der Waals surface area (Å²) in [4.78, 5) is 27.9. The molecule has 0 aliphatic carbocycles. The van der Waals surface area contributed by atoms with Crippen molar-refractivity contribution >= 4 is 26.0 Å². The summed E-state index contributed by atoms with van der Waals surface area (Å²) in [6.45, 7) is 20.9. The van der Waals surface area contributed by atoms with Crippen molar-refractivity contribution in [2.75, 3.05) is 32.2 Å². The molecule has 1 aromatic carbocycles. The van der Waals surface area contributed by atoms with Gasteiger partial charge in [-0.25, -0.2) is 4.79 Å². The molecule has 0 unspecified atom stereocenters. The lowest BCUT2D eigenvalue weighted by Gasteiger charge is -2.42. The first-order valence-corrected chi connectivity index (χ1v) is 15.1. The Morgan fingerprint density at radius 1 is 1.16 bits per heavy atom. The smallest absolute Gasteiger partial charge is 0.411 e. The number of aliphatic hydroxyl groups is 1. The third-order valence-corrected chi connectivity index (χ3v) is 13.2. The number of likely N-dealkylation sites (tertiary alicyclic amines) is 1. The second-order valence-electron chi connectivity index (χ2n) is 10.5. The molecular weight excluding hydrogens is 488 g/mol. The molecule has 1 atom stereocenters. The number of rotatable bonds is 11.